The predicted molar refractivity (Wildman–Crippen MR) is 135 cm³/mol. The fraction of sp³-hybridized carbons (Fsp3) is 0.929. The number of carbonyl (C=O) groups is 2. The van der Waals surface area contributed by atoms with Crippen molar-refractivity contribution in [2.24, 2.45) is 17.8 Å². The number of esters is 1. The minimum Gasteiger partial charge on any atom is -0.481 e. The van der Waals surface area contributed by atoms with Crippen molar-refractivity contribution in [3.05, 3.63) is 0 Å². The van der Waals surface area contributed by atoms with Gasteiger partial charge >= 0.3 is 11.9 Å². The van der Waals surface area contributed by atoms with Crippen molar-refractivity contribution in [3.63, 3.8) is 0 Å². The molecule has 1 N–H and O–H groups in total. The Kier molecular flexibility index (Phi) is 19.9. The molecule has 0 aromatic heterocycles. The van der Waals surface area contributed by atoms with Gasteiger partial charge in [0.1, 0.15) is 6.10 Å². The molecule has 0 saturated heterocycles. The van der Waals surface area contributed by atoms with E-state index in [2.05, 4.69) is 27.7 Å². The Bertz CT molecular complexity index is 460. The lowest BCUT2D eigenvalue weighted by atomic mass is 9.89. The molecular weight excluding hydrogens is 400 g/mol. The van der Waals surface area contributed by atoms with Crippen LogP contribution in [0.15, 0.2) is 0 Å². The number of aliphatic carboxylic acids is 1. The summed E-state index contributed by atoms with van der Waals surface area (Å²) in [7, 11) is 0. The van der Waals surface area contributed by atoms with Crippen molar-refractivity contribution in [3.8, 4) is 0 Å². The summed E-state index contributed by atoms with van der Waals surface area (Å²) in [4.78, 5) is 23.9. The van der Waals surface area contributed by atoms with E-state index in [-0.39, 0.29) is 18.5 Å². The van der Waals surface area contributed by atoms with Crippen molar-refractivity contribution in [2.45, 2.75) is 150 Å². The summed E-state index contributed by atoms with van der Waals surface area (Å²) in [6, 6.07) is 0. The molecule has 0 saturated carbocycles. The highest BCUT2D eigenvalue weighted by Gasteiger charge is 2.25. The van der Waals surface area contributed by atoms with Gasteiger partial charge in [0, 0.05) is 6.42 Å². The van der Waals surface area contributed by atoms with Crippen LogP contribution in [0.25, 0.3) is 0 Å². The van der Waals surface area contributed by atoms with Crippen LogP contribution in [0.2, 0.25) is 0 Å². The zero-order chi connectivity index (χ0) is 24.2. The maximum atomic E-state index is 12.5. The van der Waals surface area contributed by atoms with E-state index >= 15 is 0 Å². The molecule has 0 radical (unpaired) electrons. The van der Waals surface area contributed by atoms with Gasteiger partial charge in [0.2, 0.25) is 0 Å². The molecular formula is C28H54O4. The average Bonchev–Trinajstić information content (AvgIpc) is 2.75. The van der Waals surface area contributed by atoms with Gasteiger partial charge in [-0.25, -0.2) is 0 Å². The fourth-order valence-electron chi connectivity index (χ4n) is 4.55. The Hall–Kier alpha value is -1.06. The molecule has 0 aliphatic rings. The summed E-state index contributed by atoms with van der Waals surface area (Å²) in [6.45, 7) is 11.0. The average molecular weight is 455 g/mol. The number of ether oxygens (including phenoxy) is 1. The van der Waals surface area contributed by atoms with Crippen molar-refractivity contribution < 1.29 is 19.4 Å². The van der Waals surface area contributed by atoms with Crippen molar-refractivity contribution in [1.82, 2.24) is 0 Å². The van der Waals surface area contributed by atoms with E-state index in [0.717, 1.165) is 44.4 Å². The highest BCUT2D eigenvalue weighted by atomic mass is 16.5. The second-order valence-corrected chi connectivity index (χ2v) is 10.1. The van der Waals surface area contributed by atoms with E-state index in [1.807, 2.05) is 6.92 Å². The van der Waals surface area contributed by atoms with Crippen LogP contribution < -0.4 is 0 Å². The van der Waals surface area contributed by atoms with Gasteiger partial charge in [0.25, 0.3) is 0 Å². The van der Waals surface area contributed by atoms with Crippen molar-refractivity contribution >= 4 is 11.9 Å². The Morgan fingerprint density at radius 2 is 1.31 bits per heavy atom. The minimum atomic E-state index is -0.796. The first-order valence-corrected chi connectivity index (χ1v) is 13.8. The number of rotatable bonds is 22. The largest absolute Gasteiger partial charge is 0.481 e. The summed E-state index contributed by atoms with van der Waals surface area (Å²) >= 11 is 0. The molecule has 0 heterocycles. The predicted octanol–water partition coefficient (Wildman–Crippen LogP) is 8.56. The van der Waals surface area contributed by atoms with Gasteiger partial charge in [-0.05, 0) is 50.4 Å². The fourth-order valence-corrected chi connectivity index (χ4v) is 4.55. The molecule has 0 amide bonds. The summed E-state index contributed by atoms with van der Waals surface area (Å²) in [5, 5.41) is 9.33. The molecule has 3 unspecified atom stereocenters. The molecule has 190 valence electrons. The van der Waals surface area contributed by atoms with E-state index < -0.39 is 11.9 Å². The van der Waals surface area contributed by atoms with E-state index in [9.17, 15) is 14.7 Å². The maximum Gasteiger partial charge on any atom is 0.306 e. The van der Waals surface area contributed by atoms with E-state index in [1.54, 1.807) is 0 Å². The minimum absolute atomic E-state index is 0.0143. The van der Waals surface area contributed by atoms with E-state index in [0.29, 0.717) is 18.8 Å². The summed E-state index contributed by atoms with van der Waals surface area (Å²) in [5.41, 5.74) is 0. The Morgan fingerprint density at radius 3 is 1.81 bits per heavy atom. The third-order valence-electron chi connectivity index (χ3n) is 6.71. The number of carboxylic acids is 1. The summed E-state index contributed by atoms with van der Waals surface area (Å²) in [5.74, 6) is -0.211. The van der Waals surface area contributed by atoms with Gasteiger partial charge in [-0.15, -0.1) is 0 Å². The molecule has 0 aliphatic heterocycles. The lowest BCUT2D eigenvalue weighted by Gasteiger charge is -2.27. The Morgan fingerprint density at radius 1 is 0.719 bits per heavy atom. The molecule has 32 heavy (non-hydrogen) atoms. The third kappa shape index (κ3) is 16.6. The topological polar surface area (TPSA) is 63.6 Å². The van der Waals surface area contributed by atoms with Gasteiger partial charge in [-0.3, -0.25) is 9.59 Å². The third-order valence-corrected chi connectivity index (χ3v) is 6.71. The van der Waals surface area contributed by atoms with Crippen LogP contribution in [-0.4, -0.2) is 23.1 Å². The molecule has 3 atom stereocenters. The van der Waals surface area contributed by atoms with Crippen LogP contribution in [0.4, 0.5) is 0 Å². The first-order valence-electron chi connectivity index (χ1n) is 13.8. The number of carbonyl (C=O) groups excluding carboxylic acids is 1. The molecule has 0 bridgehead atoms. The second-order valence-electron chi connectivity index (χ2n) is 10.1. The Labute approximate surface area is 199 Å². The molecule has 0 fully saturated rings. The van der Waals surface area contributed by atoms with E-state index in [4.69, 9.17) is 4.74 Å². The number of unbranched alkanes of at least 4 members (excludes halogenated alkanes) is 7. The van der Waals surface area contributed by atoms with E-state index in [1.165, 1.54) is 51.4 Å². The Balaban J connectivity index is 4.46. The van der Waals surface area contributed by atoms with Gasteiger partial charge in [-0.2, -0.15) is 0 Å². The molecule has 4 nitrogen and oxygen atoms in total. The SMILES string of the molecule is CCCCC(CC)C(CCCCCCCCCC(C)C)OC(=O)CCC(CCC)C(=O)O. The summed E-state index contributed by atoms with van der Waals surface area (Å²) < 4.78 is 5.96. The monoisotopic (exact) mass is 454 g/mol. The van der Waals surface area contributed by atoms with Gasteiger partial charge < -0.3 is 9.84 Å². The second kappa shape index (κ2) is 20.5. The molecule has 4 heteroatoms. The lowest BCUT2D eigenvalue weighted by Crippen LogP contribution is -2.27. The maximum absolute atomic E-state index is 12.5. The molecule has 0 aromatic rings. The van der Waals surface area contributed by atoms with Gasteiger partial charge in [0.15, 0.2) is 0 Å². The molecule has 0 spiro atoms. The van der Waals surface area contributed by atoms with Gasteiger partial charge in [-0.1, -0.05) is 98.8 Å². The van der Waals surface area contributed by atoms with Crippen LogP contribution in [0, 0.1) is 17.8 Å². The van der Waals surface area contributed by atoms with Crippen LogP contribution in [0.1, 0.15) is 144 Å². The van der Waals surface area contributed by atoms with Crippen LogP contribution in [-0.2, 0) is 14.3 Å². The van der Waals surface area contributed by atoms with Crippen LogP contribution in [0.3, 0.4) is 0 Å². The number of hydrogen-bond acceptors (Lipinski definition) is 3. The zero-order valence-corrected chi connectivity index (χ0v) is 22.0. The van der Waals surface area contributed by atoms with Crippen molar-refractivity contribution in [2.75, 3.05) is 0 Å². The summed E-state index contributed by atoms with van der Waals surface area (Å²) in [6.07, 6.45) is 17.7. The highest BCUT2D eigenvalue weighted by molar-refractivity contribution is 5.73. The first-order chi connectivity index (χ1) is 15.3. The molecule has 0 aliphatic carbocycles. The van der Waals surface area contributed by atoms with Crippen molar-refractivity contribution in [1.29, 1.82) is 0 Å². The quantitative estimate of drug-likeness (QED) is 0.131. The normalized spacial score (nSPS) is 14.3. The zero-order valence-electron chi connectivity index (χ0n) is 22.0. The van der Waals surface area contributed by atoms with Crippen LogP contribution >= 0.6 is 0 Å². The molecule has 0 rings (SSSR count). The number of carboxylic acid groups (broad SMARTS) is 1. The first kappa shape index (κ1) is 30.9. The lowest BCUT2D eigenvalue weighted by molar-refractivity contribution is -0.153. The highest BCUT2D eigenvalue weighted by Crippen LogP contribution is 2.25. The standard InChI is InChI=1S/C28H54O4/c1-6-9-19-24(8-3)26(20-16-14-12-10-11-13-15-18-23(4)5)32-27(29)22-21-25(17-7-2)28(30)31/h23-26H,6-22H2,1-5H3,(H,30,31). The smallest absolute Gasteiger partial charge is 0.306 e. The van der Waals surface area contributed by atoms with Gasteiger partial charge in [0.05, 0.1) is 5.92 Å². The molecule has 0 aromatic carbocycles. The van der Waals surface area contributed by atoms with Crippen LogP contribution in [0.5, 0.6) is 0 Å². The number of hydrogen-bond donors (Lipinski definition) is 1.